The smallest absolute Gasteiger partial charge is 0.811 e. The normalized spacial score (nSPS) is 10.9. The molecule has 0 unspecified atom stereocenters. The van der Waals surface area contributed by atoms with Gasteiger partial charge in [0, 0.05) is 0 Å². The van der Waals surface area contributed by atoms with E-state index >= 15 is 0 Å². The Morgan fingerprint density at radius 1 is 0.552 bits per heavy atom. The van der Waals surface area contributed by atoms with Gasteiger partial charge in [-0.15, -0.1) is 0 Å². The fourth-order valence-corrected chi connectivity index (χ4v) is 3.89. The van der Waals surface area contributed by atoms with Gasteiger partial charge in [-0.3, -0.25) is 0 Å². The third kappa shape index (κ3) is 40.4. The molecule has 173 valence electrons. The molecule has 0 saturated carbocycles. The largest absolute Gasteiger partial charge is 3.00 e. The van der Waals surface area contributed by atoms with E-state index in [1.807, 2.05) is 0 Å². The van der Waals surface area contributed by atoms with Crippen molar-refractivity contribution in [2.24, 2.45) is 0 Å². The van der Waals surface area contributed by atoms with Crippen molar-refractivity contribution in [3.05, 3.63) is 6.92 Å². The predicted molar refractivity (Wildman–Crippen MR) is 122 cm³/mol. The molecule has 5 heteroatoms. The summed E-state index contributed by atoms with van der Waals surface area (Å²) in [6.45, 7) is 8.33. The van der Waals surface area contributed by atoms with Gasteiger partial charge in [0.15, 0.2) is 0 Å². The van der Waals surface area contributed by atoms with Crippen LogP contribution < -0.4 is 9.79 Å². The van der Waals surface area contributed by atoms with Gasteiger partial charge < -0.3 is 21.3 Å². The van der Waals surface area contributed by atoms with Gasteiger partial charge in [0.25, 0.3) is 0 Å². The van der Waals surface area contributed by atoms with Crippen molar-refractivity contribution in [2.45, 2.75) is 142 Å². The van der Waals surface area contributed by atoms with Crippen LogP contribution in [-0.4, -0.2) is 6.16 Å². The molecule has 0 aromatic rings. The molecule has 0 atom stereocenters. The van der Waals surface area contributed by atoms with Gasteiger partial charge in [0.1, 0.15) is 0 Å². The SMILES string of the molecule is CCCCCCCCCCCCP(=O)([O-])[O-].[CH2-]CCCCCCCCCCC.[Nd+3]. The summed E-state index contributed by atoms with van der Waals surface area (Å²) >= 11 is 0. The Bertz CT molecular complexity index is 311. The summed E-state index contributed by atoms with van der Waals surface area (Å²) in [6, 6.07) is 0. The molecular weight excluding hydrogens is 511 g/mol. The summed E-state index contributed by atoms with van der Waals surface area (Å²) in [4.78, 5) is 20.7. The second-order valence-corrected chi connectivity index (χ2v) is 9.87. The minimum atomic E-state index is -4.24. The Labute approximate surface area is 216 Å². The van der Waals surface area contributed by atoms with Crippen molar-refractivity contribution >= 4 is 7.60 Å². The molecule has 0 spiro atoms. The number of hydrogen-bond acceptors (Lipinski definition) is 3. The summed E-state index contributed by atoms with van der Waals surface area (Å²) in [6.07, 6.45) is 25.2. The number of unbranched alkanes of at least 4 members (excludes halogenated alkanes) is 18. The van der Waals surface area contributed by atoms with Crippen LogP contribution in [0.5, 0.6) is 0 Å². The first kappa shape index (κ1) is 35.1. The Morgan fingerprint density at radius 3 is 1.10 bits per heavy atom. The topological polar surface area (TPSA) is 63.2 Å². The Morgan fingerprint density at radius 2 is 0.828 bits per heavy atom. The fraction of sp³-hybridized carbons (Fsp3) is 0.958. The van der Waals surface area contributed by atoms with Crippen LogP contribution in [0.2, 0.25) is 0 Å². The summed E-state index contributed by atoms with van der Waals surface area (Å²) < 4.78 is 10.3. The predicted octanol–water partition coefficient (Wildman–Crippen LogP) is 7.56. The maximum atomic E-state index is 10.3. The molecule has 0 aromatic heterocycles. The van der Waals surface area contributed by atoms with Crippen molar-refractivity contribution in [1.82, 2.24) is 0 Å². The summed E-state index contributed by atoms with van der Waals surface area (Å²) in [5.74, 6) is 0. The molecule has 0 aliphatic carbocycles. The number of hydrogen-bond donors (Lipinski definition) is 0. The molecule has 0 amide bonds. The van der Waals surface area contributed by atoms with Crippen LogP contribution >= 0.6 is 7.60 Å². The van der Waals surface area contributed by atoms with Crippen molar-refractivity contribution in [1.29, 1.82) is 0 Å². The first-order valence-corrected chi connectivity index (χ1v) is 14.0. The summed E-state index contributed by atoms with van der Waals surface area (Å²) in [5.41, 5.74) is 0. The quantitative estimate of drug-likeness (QED) is 0.0875. The van der Waals surface area contributed by atoms with Gasteiger partial charge in [-0.2, -0.15) is 6.42 Å². The number of rotatable bonds is 20. The molecule has 0 aliphatic rings. The van der Waals surface area contributed by atoms with E-state index in [2.05, 4.69) is 20.8 Å². The second kappa shape index (κ2) is 29.5. The van der Waals surface area contributed by atoms with Gasteiger partial charge >= 0.3 is 40.8 Å². The third-order valence-electron chi connectivity index (χ3n) is 5.14. The maximum absolute atomic E-state index is 10.3. The van der Waals surface area contributed by atoms with E-state index in [0.29, 0.717) is 6.42 Å². The van der Waals surface area contributed by atoms with Crippen LogP contribution in [0.25, 0.3) is 0 Å². The molecule has 0 heterocycles. The van der Waals surface area contributed by atoms with Crippen molar-refractivity contribution < 1.29 is 55.2 Å². The monoisotopic (exact) mass is 559 g/mol. The molecule has 0 aromatic carbocycles. The molecule has 3 nitrogen and oxygen atoms in total. The zero-order valence-corrected chi connectivity index (χ0v) is 23.8. The molecule has 1 radical (unpaired) electrons. The zero-order chi connectivity index (χ0) is 21.3. The van der Waals surface area contributed by atoms with Gasteiger partial charge in [0.2, 0.25) is 0 Å². The van der Waals surface area contributed by atoms with Crippen molar-refractivity contribution in [2.75, 3.05) is 6.16 Å². The van der Waals surface area contributed by atoms with E-state index in [9.17, 15) is 14.4 Å². The summed E-state index contributed by atoms with van der Waals surface area (Å²) in [7, 11) is -4.24. The Hall–Kier alpha value is 1.50. The van der Waals surface area contributed by atoms with E-state index < -0.39 is 7.60 Å². The van der Waals surface area contributed by atoms with Gasteiger partial charge in [-0.25, -0.2) is 0 Å². The standard InChI is InChI=1S/C12H27O3P.C12H25.Nd/c1-2-3-4-5-6-7-8-9-10-11-12-16(13,14)15;1-3-5-7-9-11-12-10-8-6-4-2;/h2-12H2,1H3,(H2,13,14,15);1,3-12H2,2H3;/q;-1;+3/p-2. The molecular formula is C24H50NdO3P. The van der Waals surface area contributed by atoms with Crippen LogP contribution in [0.1, 0.15) is 142 Å². The third-order valence-corrected chi connectivity index (χ3v) is 6.00. The average Bonchev–Trinajstić information content (AvgIpc) is 2.65. The Kier molecular flexibility index (Phi) is 35.7. The maximum Gasteiger partial charge on any atom is 3.00 e. The first-order chi connectivity index (χ1) is 13.5. The minimum absolute atomic E-state index is 0. The molecule has 0 aliphatic heterocycles. The van der Waals surface area contributed by atoms with E-state index in [4.69, 9.17) is 0 Å². The molecule has 0 saturated heterocycles. The van der Waals surface area contributed by atoms with Crippen LogP contribution in [0.3, 0.4) is 0 Å². The van der Waals surface area contributed by atoms with E-state index in [-0.39, 0.29) is 47.0 Å². The van der Waals surface area contributed by atoms with Crippen LogP contribution in [0.4, 0.5) is 0 Å². The second-order valence-electron chi connectivity index (χ2n) is 8.20. The van der Waals surface area contributed by atoms with E-state index in [0.717, 1.165) is 19.3 Å². The molecule has 29 heavy (non-hydrogen) atoms. The molecule has 0 N–H and O–H groups in total. The van der Waals surface area contributed by atoms with Gasteiger partial charge in [-0.05, 0) is 12.6 Å². The first-order valence-electron chi connectivity index (χ1n) is 12.3. The van der Waals surface area contributed by atoms with E-state index in [1.54, 1.807) is 0 Å². The minimum Gasteiger partial charge on any atom is -0.811 e. The average molecular weight is 562 g/mol. The van der Waals surface area contributed by atoms with Crippen LogP contribution in [0, 0.1) is 47.8 Å². The van der Waals surface area contributed by atoms with Gasteiger partial charge in [-0.1, -0.05) is 137 Å². The summed E-state index contributed by atoms with van der Waals surface area (Å²) in [5, 5.41) is 0. The van der Waals surface area contributed by atoms with Crippen LogP contribution in [-0.2, 0) is 4.57 Å². The fourth-order valence-electron chi connectivity index (χ4n) is 3.28. The van der Waals surface area contributed by atoms with Crippen LogP contribution in [0.15, 0.2) is 0 Å². The van der Waals surface area contributed by atoms with E-state index in [1.165, 1.54) is 103 Å². The Balaban J connectivity index is -0.000000468. The molecule has 0 fully saturated rings. The molecule has 0 rings (SSSR count). The van der Waals surface area contributed by atoms with Crippen molar-refractivity contribution in [3.8, 4) is 0 Å². The molecule has 0 bridgehead atoms. The zero-order valence-electron chi connectivity index (χ0n) is 19.7. The van der Waals surface area contributed by atoms with Crippen molar-refractivity contribution in [3.63, 3.8) is 0 Å². The van der Waals surface area contributed by atoms with Gasteiger partial charge in [0.05, 0.1) is 0 Å².